The monoisotopic (exact) mass is 430 g/mol. The molecule has 5 rings (SSSR count). The Morgan fingerprint density at radius 1 is 1.19 bits per heavy atom. The number of epoxide rings is 1. The first-order valence-corrected chi connectivity index (χ1v) is 11.8. The largest absolute Gasteiger partial charge is 0.493 e. The van der Waals surface area contributed by atoms with Crippen molar-refractivity contribution < 1.29 is 29.1 Å². The average molecular weight is 431 g/mol. The second-order valence-electron chi connectivity index (χ2n) is 10.4. The van der Waals surface area contributed by atoms with E-state index in [0.717, 1.165) is 50.5 Å². The molecule has 2 heterocycles. The molecule has 2 aliphatic carbocycles. The van der Waals surface area contributed by atoms with Crippen molar-refractivity contribution in [2.75, 3.05) is 33.9 Å². The minimum absolute atomic E-state index is 0.0117. The van der Waals surface area contributed by atoms with Gasteiger partial charge in [-0.25, -0.2) is 0 Å². The van der Waals surface area contributed by atoms with Gasteiger partial charge in [0.2, 0.25) is 0 Å². The normalized spacial score (nSPS) is 38.4. The van der Waals surface area contributed by atoms with Crippen molar-refractivity contribution in [1.82, 2.24) is 0 Å². The van der Waals surface area contributed by atoms with Crippen molar-refractivity contribution in [1.29, 1.82) is 0 Å². The van der Waals surface area contributed by atoms with Gasteiger partial charge < -0.3 is 24.3 Å². The zero-order valence-corrected chi connectivity index (χ0v) is 19.0. The number of carbonyl (C=O) groups excluding carboxylic acids is 1. The topological polar surface area (TPSA) is 73.9 Å². The fraction of sp³-hybridized carbons (Fsp3) is 0.720. The van der Waals surface area contributed by atoms with E-state index >= 15 is 0 Å². The molecule has 6 nitrogen and oxygen atoms in total. The minimum Gasteiger partial charge on any atom is -0.493 e. The van der Waals surface area contributed by atoms with Gasteiger partial charge in [0.25, 0.3) is 0 Å². The predicted molar refractivity (Wildman–Crippen MR) is 115 cm³/mol. The van der Waals surface area contributed by atoms with Crippen molar-refractivity contribution in [2.24, 2.45) is 23.2 Å². The number of methoxy groups -OCH3 is 2. The van der Waals surface area contributed by atoms with Gasteiger partial charge in [0.05, 0.1) is 39.5 Å². The van der Waals surface area contributed by atoms with Crippen LogP contribution in [0.5, 0.6) is 11.5 Å². The van der Waals surface area contributed by atoms with E-state index in [1.54, 1.807) is 14.2 Å². The van der Waals surface area contributed by atoms with Gasteiger partial charge in [0.15, 0.2) is 11.5 Å². The van der Waals surface area contributed by atoms with Gasteiger partial charge in [0, 0.05) is 12.3 Å². The molecule has 2 saturated heterocycles. The van der Waals surface area contributed by atoms with Gasteiger partial charge >= 0.3 is 5.97 Å². The lowest BCUT2D eigenvalue weighted by atomic mass is 9.53. The summed E-state index contributed by atoms with van der Waals surface area (Å²) in [5.74, 6) is 2.47. The number of nitrogens with two attached hydrogens (primary N) is 1. The Labute approximate surface area is 185 Å². The van der Waals surface area contributed by atoms with Crippen LogP contribution in [0.25, 0.3) is 0 Å². The maximum absolute atomic E-state index is 12.7. The van der Waals surface area contributed by atoms with E-state index in [4.69, 9.17) is 18.9 Å². The summed E-state index contributed by atoms with van der Waals surface area (Å²) in [5, 5.41) is 2.28. The summed E-state index contributed by atoms with van der Waals surface area (Å²) in [6.45, 7) is 5.07. The summed E-state index contributed by atoms with van der Waals surface area (Å²) in [4.78, 5) is 12.7. The van der Waals surface area contributed by atoms with E-state index in [9.17, 15) is 4.79 Å². The van der Waals surface area contributed by atoms with Crippen molar-refractivity contribution >= 4 is 5.97 Å². The molecule has 1 aromatic carbocycles. The number of esters is 1. The molecule has 0 amide bonds. The molecular formula is C25H36NO5+. The fourth-order valence-corrected chi connectivity index (χ4v) is 6.83. The molecule has 2 N–H and O–H groups in total. The second kappa shape index (κ2) is 7.96. The van der Waals surface area contributed by atoms with Gasteiger partial charge in [-0.05, 0) is 61.1 Å². The number of hydrogen-bond acceptors (Lipinski definition) is 5. The summed E-state index contributed by atoms with van der Waals surface area (Å²) in [6, 6.07) is 6.06. The molecule has 4 fully saturated rings. The van der Waals surface area contributed by atoms with Crippen LogP contribution in [0.2, 0.25) is 0 Å². The Morgan fingerprint density at radius 2 is 2.00 bits per heavy atom. The lowest BCUT2D eigenvalue weighted by molar-refractivity contribution is -0.658. The standard InChI is InChI=1S/C25H35NO5/c1-24-8-4-9-25(15-30-25)22(24)12-17-18(23(27)31-21(17)13-24)14-26-10-7-16-5-6-19(28-2)20(11-16)29-3/h5-6,11,17-18,21-22,26H,4,7-10,12-15H2,1-3H3/p+1/t17-,18-,21-,22-,24-,25+/m1/s1. The predicted octanol–water partition coefficient (Wildman–Crippen LogP) is 2.34. The van der Waals surface area contributed by atoms with Gasteiger partial charge in [-0.3, -0.25) is 4.79 Å². The number of hydrogen-bond donors (Lipinski definition) is 1. The van der Waals surface area contributed by atoms with Crippen LogP contribution in [-0.4, -0.2) is 51.6 Å². The van der Waals surface area contributed by atoms with Gasteiger partial charge in [-0.2, -0.15) is 0 Å². The quantitative estimate of drug-likeness (QED) is 0.408. The van der Waals surface area contributed by atoms with E-state index in [1.165, 1.54) is 24.8 Å². The van der Waals surface area contributed by atoms with Crippen molar-refractivity contribution in [3.63, 3.8) is 0 Å². The molecule has 0 radical (unpaired) electrons. The molecule has 31 heavy (non-hydrogen) atoms. The van der Waals surface area contributed by atoms with Crippen LogP contribution >= 0.6 is 0 Å². The summed E-state index contributed by atoms with van der Waals surface area (Å²) in [7, 11) is 3.31. The SMILES string of the molecule is COc1ccc(CC[NH2+]C[C@H]2C(=O)O[C@@H]3C[C@@]4(C)CCC[C@]5(CO5)[C@@H]4C[C@@H]32)cc1OC. The third-order valence-corrected chi connectivity index (χ3v) is 8.58. The van der Waals surface area contributed by atoms with E-state index < -0.39 is 0 Å². The van der Waals surface area contributed by atoms with Crippen LogP contribution in [0.1, 0.15) is 44.6 Å². The lowest BCUT2D eigenvalue weighted by Crippen LogP contribution is -2.86. The number of carbonyl (C=O) groups is 1. The molecular weight excluding hydrogens is 394 g/mol. The van der Waals surface area contributed by atoms with Gasteiger partial charge in [-0.1, -0.05) is 13.0 Å². The smallest absolute Gasteiger partial charge is 0.315 e. The Balaban J connectivity index is 1.18. The first kappa shape index (κ1) is 21.1. The molecule has 2 aliphatic heterocycles. The molecule has 6 atom stereocenters. The maximum Gasteiger partial charge on any atom is 0.315 e. The molecule has 1 spiro atoms. The van der Waals surface area contributed by atoms with E-state index in [0.29, 0.717) is 11.8 Å². The lowest BCUT2D eigenvalue weighted by Gasteiger charge is -2.51. The van der Waals surface area contributed by atoms with Crippen LogP contribution in [0, 0.1) is 23.2 Å². The zero-order chi connectivity index (χ0) is 21.6. The second-order valence-corrected chi connectivity index (χ2v) is 10.4. The van der Waals surface area contributed by atoms with Crippen molar-refractivity contribution in [2.45, 2.75) is 57.2 Å². The minimum atomic E-state index is 0.0117. The van der Waals surface area contributed by atoms with E-state index in [-0.39, 0.29) is 29.0 Å². The average Bonchev–Trinajstić information content (AvgIpc) is 3.46. The maximum atomic E-state index is 12.7. The van der Waals surface area contributed by atoms with Crippen LogP contribution in [0.3, 0.4) is 0 Å². The highest BCUT2D eigenvalue weighted by molar-refractivity contribution is 5.75. The zero-order valence-electron chi connectivity index (χ0n) is 19.0. The van der Waals surface area contributed by atoms with Crippen LogP contribution in [-0.2, 0) is 20.7 Å². The highest BCUT2D eigenvalue weighted by Crippen LogP contribution is 2.62. The van der Waals surface area contributed by atoms with Crippen molar-refractivity contribution in [3.8, 4) is 11.5 Å². The van der Waals surface area contributed by atoms with E-state index in [2.05, 4.69) is 18.3 Å². The summed E-state index contributed by atoms with van der Waals surface area (Å²) in [6.07, 6.45) is 6.81. The fourth-order valence-electron chi connectivity index (χ4n) is 6.83. The molecule has 0 aromatic heterocycles. The number of rotatable bonds is 7. The Kier molecular flexibility index (Phi) is 5.41. The first-order chi connectivity index (χ1) is 15.0. The molecule has 1 aromatic rings. The Hall–Kier alpha value is -1.79. The molecule has 0 unspecified atom stereocenters. The van der Waals surface area contributed by atoms with Crippen molar-refractivity contribution in [3.05, 3.63) is 23.8 Å². The van der Waals surface area contributed by atoms with Crippen LogP contribution in [0.15, 0.2) is 18.2 Å². The molecule has 170 valence electrons. The Bertz CT molecular complexity index is 837. The van der Waals surface area contributed by atoms with Crippen LogP contribution < -0.4 is 14.8 Å². The summed E-state index contributed by atoms with van der Waals surface area (Å²) >= 11 is 0. The first-order valence-electron chi connectivity index (χ1n) is 11.8. The van der Waals surface area contributed by atoms with E-state index in [1.807, 2.05) is 12.1 Å². The molecule has 4 aliphatic rings. The highest BCUT2D eigenvalue weighted by atomic mass is 16.6. The van der Waals surface area contributed by atoms with Gasteiger partial charge in [0.1, 0.15) is 12.0 Å². The number of fused-ring (bicyclic) bond motifs is 3. The number of quaternary nitrogens is 1. The van der Waals surface area contributed by atoms with Crippen LogP contribution in [0.4, 0.5) is 0 Å². The summed E-state index contributed by atoms with van der Waals surface area (Å²) in [5.41, 5.74) is 1.59. The Morgan fingerprint density at radius 3 is 2.74 bits per heavy atom. The third kappa shape index (κ3) is 3.72. The summed E-state index contributed by atoms with van der Waals surface area (Å²) < 4.78 is 22.7. The number of benzene rings is 1. The third-order valence-electron chi connectivity index (χ3n) is 8.58. The molecule has 6 heteroatoms. The van der Waals surface area contributed by atoms with Gasteiger partial charge in [-0.15, -0.1) is 0 Å². The molecule has 0 bridgehead atoms. The number of ether oxygens (including phenoxy) is 4. The molecule has 2 saturated carbocycles. The highest BCUT2D eigenvalue weighted by Gasteiger charge is 2.65.